The number of benzene rings is 1. The third kappa shape index (κ3) is 6.13. The van der Waals surface area contributed by atoms with Gasteiger partial charge in [0.15, 0.2) is 0 Å². The Kier molecular flexibility index (Phi) is 5.21. The molecule has 0 fully saturated rings. The second kappa shape index (κ2) is 6.45. The van der Waals surface area contributed by atoms with Crippen LogP contribution in [0.15, 0.2) is 18.2 Å². The van der Waals surface area contributed by atoms with Gasteiger partial charge in [-0.1, -0.05) is 6.07 Å². The second-order valence-corrected chi connectivity index (χ2v) is 5.73. The van der Waals surface area contributed by atoms with E-state index in [0.717, 1.165) is 5.75 Å². The quantitative estimate of drug-likeness (QED) is 0.822. The molecule has 1 aromatic carbocycles. The summed E-state index contributed by atoms with van der Waals surface area (Å²) in [6.45, 7) is 10.9. The highest BCUT2D eigenvalue weighted by molar-refractivity contribution is 5.74. The summed E-state index contributed by atoms with van der Waals surface area (Å²) in [4.78, 5) is 11.5. The zero-order chi connectivity index (χ0) is 14.5. The van der Waals surface area contributed by atoms with E-state index < -0.39 is 0 Å². The van der Waals surface area contributed by atoms with Crippen molar-refractivity contribution in [2.75, 3.05) is 13.2 Å². The van der Waals surface area contributed by atoms with Crippen molar-refractivity contribution in [3.63, 3.8) is 0 Å². The van der Waals surface area contributed by atoms with Crippen LogP contribution in [-0.4, -0.2) is 24.7 Å². The van der Waals surface area contributed by atoms with Crippen LogP contribution >= 0.6 is 0 Å². The molecule has 0 aliphatic carbocycles. The Bertz CT molecular complexity index is 436. The molecule has 1 aromatic rings. The van der Waals surface area contributed by atoms with Gasteiger partial charge in [0, 0.05) is 5.54 Å². The van der Waals surface area contributed by atoms with Crippen LogP contribution in [0, 0.1) is 13.8 Å². The number of aryl methyl sites for hydroxylation is 2. The molecule has 0 atom stereocenters. The Labute approximate surface area is 115 Å². The number of amides is 2. The van der Waals surface area contributed by atoms with Gasteiger partial charge in [0.2, 0.25) is 0 Å². The van der Waals surface area contributed by atoms with Crippen molar-refractivity contribution in [2.45, 2.75) is 40.2 Å². The van der Waals surface area contributed by atoms with Gasteiger partial charge >= 0.3 is 6.03 Å². The maximum atomic E-state index is 11.5. The Hall–Kier alpha value is -1.71. The van der Waals surface area contributed by atoms with Crippen LogP contribution < -0.4 is 15.4 Å². The van der Waals surface area contributed by atoms with Crippen LogP contribution in [0.3, 0.4) is 0 Å². The van der Waals surface area contributed by atoms with Crippen LogP contribution in [0.1, 0.15) is 31.9 Å². The number of carbonyl (C=O) groups excluding carboxylic acids is 1. The molecule has 0 aliphatic rings. The highest BCUT2D eigenvalue weighted by Crippen LogP contribution is 2.15. The average molecular weight is 264 g/mol. The van der Waals surface area contributed by atoms with E-state index in [2.05, 4.69) is 24.5 Å². The van der Waals surface area contributed by atoms with Crippen molar-refractivity contribution in [3.05, 3.63) is 29.3 Å². The minimum Gasteiger partial charge on any atom is -0.492 e. The molecule has 0 aliphatic heterocycles. The summed E-state index contributed by atoms with van der Waals surface area (Å²) >= 11 is 0. The van der Waals surface area contributed by atoms with E-state index in [4.69, 9.17) is 4.74 Å². The van der Waals surface area contributed by atoms with Gasteiger partial charge in [-0.15, -0.1) is 0 Å². The number of carbonyl (C=O) groups is 1. The first-order valence-corrected chi connectivity index (χ1v) is 6.54. The van der Waals surface area contributed by atoms with Crippen LogP contribution in [-0.2, 0) is 0 Å². The van der Waals surface area contributed by atoms with Crippen molar-refractivity contribution in [2.24, 2.45) is 0 Å². The van der Waals surface area contributed by atoms with E-state index in [1.165, 1.54) is 11.1 Å². The lowest BCUT2D eigenvalue weighted by atomic mass is 10.1. The van der Waals surface area contributed by atoms with E-state index in [1.54, 1.807) is 0 Å². The topological polar surface area (TPSA) is 50.4 Å². The van der Waals surface area contributed by atoms with Crippen molar-refractivity contribution < 1.29 is 9.53 Å². The largest absolute Gasteiger partial charge is 0.492 e. The van der Waals surface area contributed by atoms with E-state index in [-0.39, 0.29) is 11.6 Å². The molecular weight excluding hydrogens is 240 g/mol. The van der Waals surface area contributed by atoms with Crippen LogP contribution in [0.25, 0.3) is 0 Å². The van der Waals surface area contributed by atoms with Gasteiger partial charge in [-0.3, -0.25) is 0 Å². The van der Waals surface area contributed by atoms with Crippen molar-refractivity contribution in [1.82, 2.24) is 10.6 Å². The molecule has 0 spiro atoms. The fraction of sp³-hybridized carbons (Fsp3) is 0.533. The number of urea groups is 1. The van der Waals surface area contributed by atoms with E-state index >= 15 is 0 Å². The predicted octanol–water partition coefficient (Wildman–Crippen LogP) is 2.78. The smallest absolute Gasteiger partial charge is 0.315 e. The lowest BCUT2D eigenvalue weighted by Gasteiger charge is -2.20. The monoisotopic (exact) mass is 264 g/mol. The number of hydrogen-bond acceptors (Lipinski definition) is 2. The van der Waals surface area contributed by atoms with Gasteiger partial charge in [-0.25, -0.2) is 4.79 Å². The third-order valence-electron chi connectivity index (χ3n) is 2.62. The predicted molar refractivity (Wildman–Crippen MR) is 77.7 cm³/mol. The fourth-order valence-corrected chi connectivity index (χ4v) is 1.52. The summed E-state index contributed by atoms with van der Waals surface area (Å²) in [5.41, 5.74) is 2.23. The maximum absolute atomic E-state index is 11.5. The molecule has 0 unspecified atom stereocenters. The Balaban J connectivity index is 2.27. The first kappa shape index (κ1) is 15.3. The molecule has 0 aromatic heterocycles. The summed E-state index contributed by atoms with van der Waals surface area (Å²) in [5.74, 6) is 0.834. The zero-order valence-electron chi connectivity index (χ0n) is 12.5. The molecule has 0 saturated carbocycles. The molecule has 0 heterocycles. The third-order valence-corrected chi connectivity index (χ3v) is 2.62. The molecule has 4 heteroatoms. The minimum absolute atomic E-state index is 0.170. The summed E-state index contributed by atoms with van der Waals surface area (Å²) in [5, 5.41) is 5.59. The Morgan fingerprint density at radius 2 is 1.89 bits per heavy atom. The molecule has 1 rings (SSSR count). The van der Waals surface area contributed by atoms with E-state index in [1.807, 2.05) is 39.0 Å². The van der Waals surface area contributed by atoms with E-state index in [0.29, 0.717) is 13.2 Å². The maximum Gasteiger partial charge on any atom is 0.315 e. The molecule has 2 N–H and O–H groups in total. The lowest BCUT2D eigenvalue weighted by molar-refractivity contribution is 0.228. The highest BCUT2D eigenvalue weighted by Gasteiger charge is 2.12. The molecular formula is C15H24N2O2. The normalized spacial score (nSPS) is 11.0. The van der Waals surface area contributed by atoms with Crippen LogP contribution in [0.2, 0.25) is 0 Å². The van der Waals surface area contributed by atoms with Crippen LogP contribution in [0.5, 0.6) is 5.75 Å². The molecule has 2 amide bonds. The van der Waals surface area contributed by atoms with Gasteiger partial charge in [0.1, 0.15) is 12.4 Å². The SMILES string of the molecule is Cc1ccc(OCCNC(=O)NC(C)(C)C)cc1C. The lowest BCUT2D eigenvalue weighted by Crippen LogP contribution is -2.47. The van der Waals surface area contributed by atoms with Gasteiger partial charge in [0.05, 0.1) is 6.54 Å². The van der Waals surface area contributed by atoms with Gasteiger partial charge in [0.25, 0.3) is 0 Å². The molecule has 0 saturated heterocycles. The Morgan fingerprint density at radius 1 is 1.21 bits per heavy atom. The van der Waals surface area contributed by atoms with Gasteiger partial charge in [-0.2, -0.15) is 0 Å². The first-order valence-electron chi connectivity index (χ1n) is 6.54. The van der Waals surface area contributed by atoms with Gasteiger partial charge in [-0.05, 0) is 57.9 Å². The second-order valence-electron chi connectivity index (χ2n) is 5.73. The number of ether oxygens (including phenoxy) is 1. The fourth-order valence-electron chi connectivity index (χ4n) is 1.52. The summed E-state index contributed by atoms with van der Waals surface area (Å²) in [6, 6.07) is 5.81. The van der Waals surface area contributed by atoms with Crippen LogP contribution in [0.4, 0.5) is 4.79 Å². The zero-order valence-corrected chi connectivity index (χ0v) is 12.5. The summed E-state index contributed by atoms with van der Waals surface area (Å²) < 4.78 is 5.58. The number of rotatable bonds is 4. The van der Waals surface area contributed by atoms with Crippen molar-refractivity contribution in [1.29, 1.82) is 0 Å². The van der Waals surface area contributed by atoms with Gasteiger partial charge < -0.3 is 15.4 Å². The van der Waals surface area contributed by atoms with Crippen molar-refractivity contribution >= 4 is 6.03 Å². The van der Waals surface area contributed by atoms with Crippen molar-refractivity contribution in [3.8, 4) is 5.75 Å². The molecule has 106 valence electrons. The number of hydrogen-bond donors (Lipinski definition) is 2. The summed E-state index contributed by atoms with van der Waals surface area (Å²) in [6.07, 6.45) is 0. The molecule has 4 nitrogen and oxygen atoms in total. The molecule has 0 radical (unpaired) electrons. The standard InChI is InChI=1S/C15H24N2O2/c1-11-6-7-13(10-12(11)2)19-9-8-16-14(18)17-15(3,4)5/h6-7,10H,8-9H2,1-5H3,(H2,16,17,18). The highest BCUT2D eigenvalue weighted by atomic mass is 16.5. The van der Waals surface area contributed by atoms with E-state index in [9.17, 15) is 4.79 Å². The average Bonchev–Trinajstić information content (AvgIpc) is 2.27. The summed E-state index contributed by atoms with van der Waals surface area (Å²) in [7, 11) is 0. The first-order chi connectivity index (χ1) is 8.78. The number of nitrogens with one attached hydrogen (secondary N) is 2. The molecule has 0 bridgehead atoms. The molecule has 19 heavy (non-hydrogen) atoms. The Morgan fingerprint density at radius 3 is 2.47 bits per heavy atom. The minimum atomic E-state index is -0.223.